The molecule has 3 rings (SSSR count). The number of aryl methyl sites for hydroxylation is 1. The molecule has 2 aromatic rings. The van der Waals surface area contributed by atoms with Gasteiger partial charge in [-0.05, 0) is 13.3 Å². The Kier molecular flexibility index (Phi) is 3.70. The number of amides is 1. The summed E-state index contributed by atoms with van der Waals surface area (Å²) < 4.78 is 10.5. The van der Waals surface area contributed by atoms with Crippen molar-refractivity contribution in [2.45, 2.75) is 25.4 Å². The van der Waals surface area contributed by atoms with E-state index in [0.717, 1.165) is 17.8 Å². The van der Waals surface area contributed by atoms with E-state index in [2.05, 4.69) is 20.3 Å². The Morgan fingerprint density at radius 3 is 3.10 bits per heavy atom. The zero-order chi connectivity index (χ0) is 14.8. The number of carbonyl (C=O) groups excluding carboxylic acids is 1. The molecule has 2 atom stereocenters. The number of aromatic nitrogens is 4. The van der Waals surface area contributed by atoms with Gasteiger partial charge in [0.25, 0.3) is 5.91 Å². The van der Waals surface area contributed by atoms with Crippen molar-refractivity contribution >= 4 is 5.91 Å². The molecule has 1 amide bonds. The van der Waals surface area contributed by atoms with E-state index in [1.54, 1.807) is 18.9 Å². The van der Waals surface area contributed by atoms with E-state index in [1.165, 1.54) is 12.6 Å². The minimum absolute atomic E-state index is 0.0980. The maximum Gasteiger partial charge on any atom is 0.276 e. The quantitative estimate of drug-likeness (QED) is 0.892. The number of H-pyrrole nitrogens is 1. The molecule has 8 nitrogen and oxygen atoms in total. The van der Waals surface area contributed by atoms with Gasteiger partial charge >= 0.3 is 0 Å². The minimum Gasteiger partial charge on any atom is -0.376 e. The van der Waals surface area contributed by atoms with Gasteiger partial charge in [-0.3, -0.25) is 9.89 Å². The van der Waals surface area contributed by atoms with Crippen LogP contribution >= 0.6 is 0 Å². The topological polar surface area (TPSA) is 97.1 Å². The lowest BCUT2D eigenvalue weighted by molar-refractivity contribution is 0.0542. The Hall–Kier alpha value is -2.22. The summed E-state index contributed by atoms with van der Waals surface area (Å²) in [5, 5.41) is 10.5. The molecule has 0 unspecified atom stereocenters. The molecular weight excluding hydrogens is 274 g/mol. The molecule has 1 aliphatic rings. The average Bonchev–Trinajstić information content (AvgIpc) is 3.17. The Balaban J connectivity index is 1.68. The molecule has 0 saturated carbocycles. The number of ether oxygens (including phenoxy) is 1. The van der Waals surface area contributed by atoms with Gasteiger partial charge in [0.2, 0.25) is 0 Å². The van der Waals surface area contributed by atoms with Gasteiger partial charge in [-0.2, -0.15) is 5.10 Å². The van der Waals surface area contributed by atoms with E-state index < -0.39 is 0 Å². The third-order valence-electron chi connectivity index (χ3n) is 3.74. The second-order valence-corrected chi connectivity index (χ2v) is 5.21. The highest BCUT2D eigenvalue weighted by Crippen LogP contribution is 2.29. The van der Waals surface area contributed by atoms with Gasteiger partial charge in [-0.25, -0.2) is 4.98 Å². The Bertz CT molecular complexity index is 609. The normalized spacial score (nSPS) is 21.6. The smallest absolute Gasteiger partial charge is 0.276 e. The molecular formula is C13H17N5O3. The van der Waals surface area contributed by atoms with Crippen molar-refractivity contribution in [2.75, 3.05) is 20.2 Å². The van der Waals surface area contributed by atoms with Crippen LogP contribution in [0.1, 0.15) is 34.2 Å². The van der Waals surface area contributed by atoms with E-state index in [-0.39, 0.29) is 17.9 Å². The molecule has 1 saturated heterocycles. The molecule has 0 aromatic carbocycles. The standard InChI is InChI=1S/C13H17N5O3/c1-8-6-21-17-11(8)13(19)18(2)5-10-9(3-4-20-10)12-14-7-15-16-12/h6-7,9-10H,3-5H2,1-2H3,(H,14,15,16)/t9-,10-/m1/s1. The molecule has 0 spiro atoms. The third kappa shape index (κ3) is 2.66. The molecule has 0 aliphatic carbocycles. The summed E-state index contributed by atoms with van der Waals surface area (Å²) in [6, 6.07) is 0. The van der Waals surface area contributed by atoms with Crippen LogP contribution in [0.5, 0.6) is 0 Å². The number of hydrogen-bond acceptors (Lipinski definition) is 6. The van der Waals surface area contributed by atoms with Gasteiger partial charge in [0.05, 0.1) is 6.10 Å². The van der Waals surface area contributed by atoms with E-state index in [9.17, 15) is 4.79 Å². The lowest BCUT2D eigenvalue weighted by atomic mass is 10.0. The monoisotopic (exact) mass is 291 g/mol. The maximum atomic E-state index is 12.3. The van der Waals surface area contributed by atoms with Crippen molar-refractivity contribution in [3.05, 3.63) is 29.7 Å². The minimum atomic E-state index is -0.173. The number of nitrogens with zero attached hydrogens (tertiary/aromatic N) is 4. The number of aromatic amines is 1. The van der Waals surface area contributed by atoms with Crippen LogP contribution in [0.25, 0.3) is 0 Å². The van der Waals surface area contributed by atoms with E-state index in [1.807, 2.05) is 0 Å². The molecule has 112 valence electrons. The summed E-state index contributed by atoms with van der Waals surface area (Å²) in [7, 11) is 1.73. The highest BCUT2D eigenvalue weighted by atomic mass is 16.5. The third-order valence-corrected chi connectivity index (χ3v) is 3.74. The van der Waals surface area contributed by atoms with Crippen LogP contribution in [-0.4, -0.2) is 57.4 Å². The van der Waals surface area contributed by atoms with Crippen LogP contribution in [-0.2, 0) is 4.74 Å². The van der Waals surface area contributed by atoms with Crippen LogP contribution < -0.4 is 0 Å². The highest BCUT2D eigenvalue weighted by molar-refractivity contribution is 5.93. The fraction of sp³-hybridized carbons (Fsp3) is 0.538. The largest absolute Gasteiger partial charge is 0.376 e. The second kappa shape index (κ2) is 5.65. The summed E-state index contributed by atoms with van der Waals surface area (Å²) in [6.07, 6.45) is 3.72. The lowest BCUT2D eigenvalue weighted by Gasteiger charge is -2.23. The first kappa shape index (κ1) is 13.7. The van der Waals surface area contributed by atoms with E-state index >= 15 is 0 Å². The van der Waals surface area contributed by atoms with Gasteiger partial charge in [-0.1, -0.05) is 5.16 Å². The predicted molar refractivity (Wildman–Crippen MR) is 71.7 cm³/mol. The number of rotatable bonds is 4. The number of carbonyl (C=O) groups is 1. The average molecular weight is 291 g/mol. The lowest BCUT2D eigenvalue weighted by Crippen LogP contribution is -2.36. The van der Waals surface area contributed by atoms with Gasteiger partial charge in [0, 0.05) is 31.7 Å². The summed E-state index contributed by atoms with van der Waals surface area (Å²) in [5.74, 6) is 0.755. The molecule has 8 heteroatoms. The van der Waals surface area contributed by atoms with Gasteiger partial charge < -0.3 is 14.2 Å². The van der Waals surface area contributed by atoms with Crippen molar-refractivity contribution in [1.82, 2.24) is 25.2 Å². The van der Waals surface area contributed by atoms with Crippen molar-refractivity contribution in [3.63, 3.8) is 0 Å². The number of likely N-dealkylation sites (N-methyl/N-ethyl adjacent to an activating group) is 1. The Labute approximate surface area is 121 Å². The summed E-state index contributed by atoms with van der Waals surface area (Å²) in [6.45, 7) is 2.92. The molecule has 2 aromatic heterocycles. The number of nitrogens with one attached hydrogen (secondary N) is 1. The van der Waals surface area contributed by atoms with E-state index in [0.29, 0.717) is 18.8 Å². The van der Waals surface area contributed by atoms with Gasteiger partial charge in [0.1, 0.15) is 18.4 Å². The van der Waals surface area contributed by atoms with Crippen LogP contribution in [0.15, 0.2) is 17.1 Å². The molecule has 1 aliphatic heterocycles. The van der Waals surface area contributed by atoms with Crippen molar-refractivity contribution in [3.8, 4) is 0 Å². The number of hydrogen-bond donors (Lipinski definition) is 1. The Morgan fingerprint density at radius 2 is 2.43 bits per heavy atom. The fourth-order valence-corrected chi connectivity index (χ4v) is 2.56. The zero-order valence-electron chi connectivity index (χ0n) is 11.9. The van der Waals surface area contributed by atoms with Crippen LogP contribution in [0.2, 0.25) is 0 Å². The molecule has 3 heterocycles. The maximum absolute atomic E-state index is 12.3. The summed E-state index contributed by atoms with van der Waals surface area (Å²) in [5.41, 5.74) is 1.07. The molecule has 0 radical (unpaired) electrons. The summed E-state index contributed by atoms with van der Waals surface area (Å²) in [4.78, 5) is 18.1. The summed E-state index contributed by atoms with van der Waals surface area (Å²) >= 11 is 0. The first-order valence-electron chi connectivity index (χ1n) is 6.80. The van der Waals surface area contributed by atoms with Crippen molar-refractivity contribution < 1.29 is 14.1 Å². The van der Waals surface area contributed by atoms with E-state index in [4.69, 9.17) is 9.26 Å². The first-order valence-corrected chi connectivity index (χ1v) is 6.80. The fourth-order valence-electron chi connectivity index (χ4n) is 2.56. The van der Waals surface area contributed by atoms with Crippen molar-refractivity contribution in [2.24, 2.45) is 0 Å². The highest BCUT2D eigenvalue weighted by Gasteiger charge is 2.34. The van der Waals surface area contributed by atoms with Gasteiger partial charge in [-0.15, -0.1) is 0 Å². The molecule has 1 N–H and O–H groups in total. The van der Waals surface area contributed by atoms with Gasteiger partial charge in [0.15, 0.2) is 5.69 Å². The SMILES string of the molecule is Cc1conc1C(=O)N(C)C[C@H]1OCC[C@H]1c1ncn[nH]1. The molecule has 21 heavy (non-hydrogen) atoms. The first-order chi connectivity index (χ1) is 10.2. The Morgan fingerprint density at radius 1 is 1.57 bits per heavy atom. The van der Waals surface area contributed by atoms with Crippen LogP contribution in [0, 0.1) is 6.92 Å². The van der Waals surface area contributed by atoms with Crippen LogP contribution in [0.4, 0.5) is 0 Å². The molecule has 1 fully saturated rings. The van der Waals surface area contributed by atoms with Crippen LogP contribution in [0.3, 0.4) is 0 Å². The van der Waals surface area contributed by atoms with Crippen molar-refractivity contribution in [1.29, 1.82) is 0 Å². The molecule has 0 bridgehead atoms. The predicted octanol–water partition coefficient (Wildman–Crippen LogP) is 0.746. The zero-order valence-corrected chi connectivity index (χ0v) is 11.9. The second-order valence-electron chi connectivity index (χ2n) is 5.21.